The molecule has 0 saturated heterocycles. The first-order valence-corrected chi connectivity index (χ1v) is 8.38. The fourth-order valence-electron chi connectivity index (χ4n) is 1.86. The SMILES string of the molecule is CCc1cccc(OCCCCNCCCOC)c1.O=C(O)C(=O)O. The van der Waals surface area contributed by atoms with Crippen LogP contribution in [0.25, 0.3) is 0 Å². The standard InChI is InChI=1S/C16H27NO2.C2H2O4/c1-3-15-8-6-9-16(14-15)19-13-5-4-10-17-11-7-12-18-2;3-1(4)2(5)6/h6,8-9,14,17H,3-5,7,10-13H2,1-2H3;(H,3,4)(H,5,6). The molecule has 3 N–H and O–H groups in total. The number of rotatable bonds is 11. The normalized spacial score (nSPS) is 9.84. The van der Waals surface area contributed by atoms with Crippen molar-refractivity contribution < 1.29 is 29.3 Å². The van der Waals surface area contributed by atoms with E-state index < -0.39 is 11.9 Å². The second kappa shape index (κ2) is 15.4. The van der Waals surface area contributed by atoms with Gasteiger partial charge in [0.25, 0.3) is 0 Å². The molecule has 0 aliphatic rings. The predicted octanol–water partition coefficient (Wildman–Crippen LogP) is 2.19. The molecule has 0 amide bonds. The number of carboxylic acid groups (broad SMARTS) is 2. The van der Waals surface area contributed by atoms with Crippen LogP contribution >= 0.6 is 0 Å². The van der Waals surface area contributed by atoms with Gasteiger partial charge in [0.05, 0.1) is 6.61 Å². The minimum absolute atomic E-state index is 0.799. The van der Waals surface area contributed by atoms with Gasteiger partial charge in [-0.05, 0) is 56.5 Å². The molecule has 7 heteroatoms. The third-order valence-electron chi connectivity index (χ3n) is 3.21. The van der Waals surface area contributed by atoms with Crippen molar-refractivity contribution in [1.29, 1.82) is 0 Å². The molecule has 0 radical (unpaired) electrons. The van der Waals surface area contributed by atoms with E-state index in [1.54, 1.807) is 7.11 Å². The molecule has 0 heterocycles. The Bertz CT molecular complexity index is 480. The van der Waals surface area contributed by atoms with Crippen LogP contribution in [0.15, 0.2) is 24.3 Å². The van der Waals surface area contributed by atoms with E-state index in [0.717, 1.165) is 57.7 Å². The van der Waals surface area contributed by atoms with Crippen LogP contribution in [-0.4, -0.2) is 55.6 Å². The number of carbonyl (C=O) groups is 2. The minimum atomic E-state index is -1.82. The Morgan fingerprint density at radius 3 is 2.32 bits per heavy atom. The van der Waals surface area contributed by atoms with Gasteiger partial charge in [-0.15, -0.1) is 0 Å². The van der Waals surface area contributed by atoms with Crippen LogP contribution < -0.4 is 10.1 Å². The average molecular weight is 355 g/mol. The number of nitrogens with one attached hydrogen (secondary N) is 1. The van der Waals surface area contributed by atoms with Crippen molar-refractivity contribution in [1.82, 2.24) is 5.32 Å². The molecule has 0 aromatic heterocycles. The number of aliphatic carboxylic acids is 2. The number of aryl methyl sites for hydroxylation is 1. The second-order valence-electron chi connectivity index (χ2n) is 5.26. The molecule has 1 aromatic carbocycles. The molecule has 1 aromatic rings. The number of benzene rings is 1. The van der Waals surface area contributed by atoms with Crippen LogP contribution in [0.2, 0.25) is 0 Å². The van der Waals surface area contributed by atoms with E-state index in [2.05, 4.69) is 30.4 Å². The highest BCUT2D eigenvalue weighted by atomic mass is 16.5. The van der Waals surface area contributed by atoms with Crippen LogP contribution in [0.1, 0.15) is 31.7 Å². The van der Waals surface area contributed by atoms with Crippen LogP contribution in [-0.2, 0) is 20.7 Å². The second-order valence-corrected chi connectivity index (χ2v) is 5.26. The Kier molecular flexibility index (Phi) is 14.1. The summed E-state index contributed by atoms with van der Waals surface area (Å²) in [6.45, 7) is 5.89. The largest absolute Gasteiger partial charge is 0.494 e. The number of unbranched alkanes of at least 4 members (excludes halogenated alkanes) is 1. The van der Waals surface area contributed by atoms with Gasteiger partial charge in [0.15, 0.2) is 0 Å². The molecule has 0 aliphatic heterocycles. The van der Waals surface area contributed by atoms with Crippen molar-refractivity contribution in [3.63, 3.8) is 0 Å². The van der Waals surface area contributed by atoms with Crippen LogP contribution in [0, 0.1) is 0 Å². The zero-order chi connectivity index (χ0) is 18.9. The van der Waals surface area contributed by atoms with Gasteiger partial charge < -0.3 is 25.0 Å². The van der Waals surface area contributed by atoms with E-state index in [0.29, 0.717) is 0 Å². The first-order chi connectivity index (χ1) is 12.0. The molecule has 0 aliphatic carbocycles. The van der Waals surface area contributed by atoms with E-state index in [4.69, 9.17) is 29.3 Å². The maximum atomic E-state index is 9.10. The minimum Gasteiger partial charge on any atom is -0.494 e. The lowest BCUT2D eigenvalue weighted by molar-refractivity contribution is -0.159. The van der Waals surface area contributed by atoms with Gasteiger partial charge >= 0.3 is 11.9 Å². The maximum absolute atomic E-state index is 9.10. The van der Waals surface area contributed by atoms with Crippen molar-refractivity contribution in [2.45, 2.75) is 32.6 Å². The number of ether oxygens (including phenoxy) is 2. The number of hydrogen-bond acceptors (Lipinski definition) is 5. The van der Waals surface area contributed by atoms with Gasteiger partial charge in [-0.25, -0.2) is 9.59 Å². The molecule has 25 heavy (non-hydrogen) atoms. The van der Waals surface area contributed by atoms with Crippen molar-refractivity contribution in [3.8, 4) is 5.75 Å². The lowest BCUT2D eigenvalue weighted by Gasteiger charge is -2.08. The number of methoxy groups -OCH3 is 1. The molecule has 0 atom stereocenters. The monoisotopic (exact) mass is 355 g/mol. The Morgan fingerprint density at radius 2 is 1.72 bits per heavy atom. The quantitative estimate of drug-likeness (QED) is 0.413. The van der Waals surface area contributed by atoms with Crippen molar-refractivity contribution in [2.24, 2.45) is 0 Å². The van der Waals surface area contributed by atoms with Gasteiger partial charge in [0.2, 0.25) is 0 Å². The van der Waals surface area contributed by atoms with Crippen molar-refractivity contribution in [3.05, 3.63) is 29.8 Å². The van der Waals surface area contributed by atoms with E-state index in [1.807, 2.05) is 6.07 Å². The molecule has 0 bridgehead atoms. The van der Waals surface area contributed by atoms with Crippen molar-refractivity contribution in [2.75, 3.05) is 33.4 Å². The predicted molar refractivity (Wildman–Crippen MR) is 95.2 cm³/mol. The summed E-state index contributed by atoms with van der Waals surface area (Å²) in [5.74, 6) is -2.66. The van der Waals surface area contributed by atoms with Crippen LogP contribution in [0.5, 0.6) is 5.75 Å². The topological polar surface area (TPSA) is 105 Å². The fraction of sp³-hybridized carbons (Fsp3) is 0.556. The molecular formula is C18H29NO6. The Morgan fingerprint density at radius 1 is 1.04 bits per heavy atom. The van der Waals surface area contributed by atoms with Gasteiger partial charge in [-0.3, -0.25) is 0 Å². The molecule has 7 nitrogen and oxygen atoms in total. The smallest absolute Gasteiger partial charge is 0.414 e. The summed E-state index contributed by atoms with van der Waals surface area (Å²) in [6, 6.07) is 8.35. The van der Waals surface area contributed by atoms with Crippen LogP contribution in [0.4, 0.5) is 0 Å². The van der Waals surface area contributed by atoms with E-state index in [9.17, 15) is 0 Å². The lowest BCUT2D eigenvalue weighted by Crippen LogP contribution is -2.18. The molecule has 142 valence electrons. The third-order valence-corrected chi connectivity index (χ3v) is 3.21. The van der Waals surface area contributed by atoms with Gasteiger partial charge in [-0.1, -0.05) is 19.1 Å². The van der Waals surface area contributed by atoms with E-state index >= 15 is 0 Å². The third kappa shape index (κ3) is 14.0. The summed E-state index contributed by atoms with van der Waals surface area (Å²) >= 11 is 0. The van der Waals surface area contributed by atoms with Crippen LogP contribution in [0.3, 0.4) is 0 Å². The molecule has 0 unspecified atom stereocenters. The summed E-state index contributed by atoms with van der Waals surface area (Å²) in [5, 5.41) is 18.2. The molecule has 0 fully saturated rings. The Labute approximate surface area is 149 Å². The van der Waals surface area contributed by atoms with Gasteiger partial charge in [0.1, 0.15) is 5.75 Å². The summed E-state index contributed by atoms with van der Waals surface area (Å²) < 4.78 is 10.7. The Balaban J connectivity index is 0.000000823. The highest BCUT2D eigenvalue weighted by molar-refractivity contribution is 6.27. The van der Waals surface area contributed by atoms with Crippen molar-refractivity contribution >= 4 is 11.9 Å². The highest BCUT2D eigenvalue weighted by Crippen LogP contribution is 2.13. The zero-order valence-corrected chi connectivity index (χ0v) is 15.0. The van der Waals surface area contributed by atoms with Gasteiger partial charge in [-0.2, -0.15) is 0 Å². The Hall–Kier alpha value is -2.12. The highest BCUT2D eigenvalue weighted by Gasteiger charge is 2.04. The summed E-state index contributed by atoms with van der Waals surface area (Å²) in [7, 11) is 1.74. The average Bonchev–Trinajstić information content (AvgIpc) is 2.61. The lowest BCUT2D eigenvalue weighted by atomic mass is 10.2. The van der Waals surface area contributed by atoms with Gasteiger partial charge in [0, 0.05) is 13.7 Å². The summed E-state index contributed by atoms with van der Waals surface area (Å²) in [6.07, 6.45) is 4.38. The fourth-order valence-corrected chi connectivity index (χ4v) is 1.86. The van der Waals surface area contributed by atoms with E-state index in [1.165, 1.54) is 5.56 Å². The maximum Gasteiger partial charge on any atom is 0.414 e. The molecule has 1 rings (SSSR count). The summed E-state index contributed by atoms with van der Waals surface area (Å²) in [4.78, 5) is 18.2. The summed E-state index contributed by atoms with van der Waals surface area (Å²) in [5.41, 5.74) is 1.33. The first-order valence-electron chi connectivity index (χ1n) is 8.38. The number of carboxylic acids is 2. The zero-order valence-electron chi connectivity index (χ0n) is 15.0. The molecule has 0 spiro atoms. The molecule has 0 saturated carbocycles. The number of hydrogen-bond donors (Lipinski definition) is 3. The molecular weight excluding hydrogens is 326 g/mol. The first kappa shape index (κ1) is 22.9. The van der Waals surface area contributed by atoms with E-state index in [-0.39, 0.29) is 0 Å².